The zero-order valence-electron chi connectivity index (χ0n) is 14.5. The summed E-state index contributed by atoms with van der Waals surface area (Å²) in [5.74, 6) is -0.956. The van der Waals surface area contributed by atoms with Gasteiger partial charge in [0.05, 0.1) is 13.0 Å². The molecule has 0 aliphatic carbocycles. The third-order valence-electron chi connectivity index (χ3n) is 3.13. The molecule has 0 saturated carbocycles. The topological polar surface area (TPSA) is 96.2 Å². The molecule has 0 aliphatic heterocycles. The maximum Gasteiger partial charge on any atom is 1.00 e. The van der Waals surface area contributed by atoms with Crippen molar-refractivity contribution in [3.8, 4) is 0 Å². The van der Waals surface area contributed by atoms with E-state index >= 15 is 0 Å². The quantitative estimate of drug-likeness (QED) is 0.168. The number of carboxylic acid groups (broad SMARTS) is 1. The van der Waals surface area contributed by atoms with Gasteiger partial charge in [0.1, 0.15) is 0 Å². The summed E-state index contributed by atoms with van der Waals surface area (Å²) in [5, 5.41) is 29.1. The van der Waals surface area contributed by atoms with Crippen molar-refractivity contribution in [2.24, 2.45) is 4.99 Å². The molecule has 0 aromatic heterocycles. The summed E-state index contributed by atoms with van der Waals surface area (Å²) in [4.78, 5) is 16.5. The van der Waals surface area contributed by atoms with E-state index < -0.39 is 5.97 Å². The Balaban J connectivity index is 0. The smallest absolute Gasteiger partial charge is 0.862 e. The van der Waals surface area contributed by atoms with E-state index in [2.05, 4.69) is 18.0 Å². The number of aliphatic hydroxyl groups excluding tert-OH is 1. The first kappa shape index (κ1) is 24.4. The van der Waals surface area contributed by atoms with Crippen LogP contribution in [-0.2, 0) is 4.79 Å². The van der Waals surface area contributed by atoms with Gasteiger partial charge in [-0.3, -0.25) is 4.79 Å². The zero-order chi connectivity index (χ0) is 16.6. The summed E-state index contributed by atoms with van der Waals surface area (Å²) in [6, 6.07) is 0. The van der Waals surface area contributed by atoms with Crippen molar-refractivity contribution in [3.63, 3.8) is 0 Å². The van der Waals surface area contributed by atoms with E-state index in [0.29, 0.717) is 39.0 Å². The van der Waals surface area contributed by atoms with Gasteiger partial charge in [-0.1, -0.05) is 25.5 Å². The number of nitrogens with zero attached hydrogens (tertiary/aromatic N) is 2. The Morgan fingerprint density at radius 2 is 1.87 bits per heavy atom. The average Bonchev–Trinajstić information content (AvgIpc) is 2.49. The Bertz CT molecular complexity index is 349. The summed E-state index contributed by atoms with van der Waals surface area (Å²) >= 11 is 0. The van der Waals surface area contributed by atoms with Crippen LogP contribution in [0.4, 0.5) is 0 Å². The SMILES string of the molecule is CCC/C=C/CCC([O-])=NCCN(CCCO)CCC(=O)O.[Li+]. The van der Waals surface area contributed by atoms with Gasteiger partial charge in [0.15, 0.2) is 0 Å². The molecule has 0 aromatic rings. The molecule has 0 spiro atoms. The third kappa shape index (κ3) is 17.4. The number of aliphatic imine (C=N–C) groups is 1. The van der Waals surface area contributed by atoms with Crippen LogP contribution < -0.4 is 24.0 Å². The van der Waals surface area contributed by atoms with E-state index in [1.54, 1.807) is 0 Å². The fourth-order valence-electron chi connectivity index (χ4n) is 1.89. The van der Waals surface area contributed by atoms with Crippen LogP contribution >= 0.6 is 0 Å². The molecule has 23 heavy (non-hydrogen) atoms. The molecule has 6 nitrogen and oxygen atoms in total. The molecule has 128 valence electrons. The van der Waals surface area contributed by atoms with Crippen LogP contribution in [0.1, 0.15) is 45.4 Å². The van der Waals surface area contributed by atoms with Crippen LogP contribution in [0.25, 0.3) is 0 Å². The number of carbonyl (C=O) groups is 1. The summed E-state index contributed by atoms with van der Waals surface area (Å²) in [7, 11) is 0. The minimum absolute atomic E-state index is 0. The maximum atomic E-state index is 11.6. The molecule has 0 bridgehead atoms. The van der Waals surface area contributed by atoms with E-state index in [1.165, 1.54) is 0 Å². The Kier molecular flexibility index (Phi) is 18.7. The van der Waals surface area contributed by atoms with Gasteiger partial charge in [-0.05, 0) is 31.6 Å². The van der Waals surface area contributed by atoms with Gasteiger partial charge >= 0.3 is 24.8 Å². The number of allylic oxidation sites excluding steroid dienone is 2. The summed E-state index contributed by atoms with van der Waals surface area (Å²) < 4.78 is 0. The second-order valence-corrected chi connectivity index (χ2v) is 5.14. The molecular formula is C16H29LiN2O4. The van der Waals surface area contributed by atoms with Gasteiger partial charge in [0.25, 0.3) is 0 Å². The molecule has 0 radical (unpaired) electrons. The second kappa shape index (κ2) is 17.5. The van der Waals surface area contributed by atoms with Crippen molar-refractivity contribution < 1.29 is 39.0 Å². The first-order chi connectivity index (χ1) is 10.6. The molecule has 2 N–H and O–H groups in total. The van der Waals surface area contributed by atoms with Crippen molar-refractivity contribution in [1.29, 1.82) is 0 Å². The van der Waals surface area contributed by atoms with Gasteiger partial charge in [-0.2, -0.15) is 0 Å². The van der Waals surface area contributed by atoms with Gasteiger partial charge in [-0.15, -0.1) is 0 Å². The molecule has 0 saturated heterocycles. The first-order valence-electron chi connectivity index (χ1n) is 8.00. The average molecular weight is 320 g/mol. The van der Waals surface area contributed by atoms with Gasteiger partial charge in [-0.25, -0.2) is 0 Å². The van der Waals surface area contributed by atoms with Crippen molar-refractivity contribution >= 4 is 11.9 Å². The van der Waals surface area contributed by atoms with Crippen molar-refractivity contribution in [1.82, 2.24) is 4.90 Å². The van der Waals surface area contributed by atoms with Crippen LogP contribution in [-0.4, -0.2) is 59.8 Å². The fraction of sp³-hybridized carbons (Fsp3) is 0.750. The molecule has 0 rings (SSSR count). The van der Waals surface area contributed by atoms with Gasteiger partial charge < -0.3 is 25.2 Å². The minimum Gasteiger partial charge on any atom is -0.862 e. The van der Waals surface area contributed by atoms with Crippen molar-refractivity contribution in [3.05, 3.63) is 12.2 Å². The Morgan fingerprint density at radius 1 is 1.17 bits per heavy atom. The predicted molar refractivity (Wildman–Crippen MR) is 86.0 cm³/mol. The molecule has 0 heterocycles. The second-order valence-electron chi connectivity index (χ2n) is 5.14. The largest absolute Gasteiger partial charge is 1.00 e. The maximum absolute atomic E-state index is 11.6. The predicted octanol–water partition coefficient (Wildman–Crippen LogP) is -1.96. The van der Waals surface area contributed by atoms with Crippen molar-refractivity contribution in [2.45, 2.75) is 45.4 Å². The number of aliphatic carboxylic acids is 1. The number of hydrogen-bond donors (Lipinski definition) is 2. The van der Waals surface area contributed by atoms with Crippen LogP contribution in [0.2, 0.25) is 0 Å². The molecule has 0 unspecified atom stereocenters. The van der Waals surface area contributed by atoms with Crippen molar-refractivity contribution in [2.75, 3.05) is 32.8 Å². The van der Waals surface area contributed by atoms with Crippen LogP contribution in [0, 0.1) is 0 Å². The van der Waals surface area contributed by atoms with E-state index in [9.17, 15) is 9.90 Å². The zero-order valence-corrected chi connectivity index (χ0v) is 14.5. The van der Waals surface area contributed by atoms with E-state index in [0.717, 1.165) is 19.3 Å². The minimum atomic E-state index is -0.846. The molecule has 0 aliphatic rings. The molecule has 0 fully saturated rings. The standard InChI is InChI=1S/C16H30N2O4.Li/c1-2-3-4-5-6-8-15(20)17-10-13-18(11-7-14-19)12-9-16(21)22;/h4-5,19H,2-3,6-14H2,1H3,(H,17,20)(H,21,22);/q;+1/p-1/b5-4+;. The van der Waals surface area contributed by atoms with E-state index in [-0.39, 0.29) is 37.8 Å². The molecule has 0 aromatic carbocycles. The van der Waals surface area contributed by atoms with Crippen LogP contribution in [0.15, 0.2) is 17.1 Å². The monoisotopic (exact) mass is 320 g/mol. The van der Waals surface area contributed by atoms with Crippen LogP contribution in [0.5, 0.6) is 0 Å². The first-order valence-corrected chi connectivity index (χ1v) is 8.00. The number of hydrogen-bond acceptors (Lipinski definition) is 5. The molecule has 0 amide bonds. The number of unbranched alkanes of at least 4 members (excludes halogenated alkanes) is 1. The molecule has 0 atom stereocenters. The Labute approximate surface area is 151 Å². The number of rotatable bonds is 14. The van der Waals surface area contributed by atoms with Crippen LogP contribution in [0.3, 0.4) is 0 Å². The summed E-state index contributed by atoms with van der Waals surface area (Å²) in [5.41, 5.74) is 0. The van der Waals surface area contributed by atoms with E-state index in [1.807, 2.05) is 11.0 Å². The molecule has 7 heteroatoms. The van der Waals surface area contributed by atoms with Gasteiger partial charge in [0, 0.05) is 26.2 Å². The fourth-order valence-corrected chi connectivity index (χ4v) is 1.89. The van der Waals surface area contributed by atoms with Gasteiger partial charge in [0.2, 0.25) is 0 Å². The summed E-state index contributed by atoms with van der Waals surface area (Å²) in [6.45, 7) is 4.14. The normalized spacial score (nSPS) is 11.9. The number of aliphatic hydroxyl groups is 1. The Morgan fingerprint density at radius 3 is 2.48 bits per heavy atom. The van der Waals surface area contributed by atoms with E-state index in [4.69, 9.17) is 10.2 Å². The molecular weight excluding hydrogens is 291 g/mol. The number of carboxylic acids is 1. The Hall–Kier alpha value is -0.803. The summed E-state index contributed by atoms with van der Waals surface area (Å²) in [6.07, 6.45) is 8.02. The third-order valence-corrected chi connectivity index (χ3v) is 3.13.